The maximum atomic E-state index is 13.7. The monoisotopic (exact) mass is 437 g/mol. The quantitative estimate of drug-likeness (QED) is 0.355. The molecule has 4 aromatic rings. The number of rotatable bonds is 6. The molecule has 0 radical (unpaired) electrons. The lowest BCUT2D eigenvalue weighted by molar-refractivity contribution is -0.119. The smallest absolute Gasteiger partial charge is 0.272 e. The number of halogens is 1. The molecule has 0 atom stereocenters. The van der Waals surface area contributed by atoms with Crippen LogP contribution in [0.2, 0.25) is 0 Å². The number of hydrogen-bond donors (Lipinski definition) is 2. The Balaban J connectivity index is 1.44. The molecule has 2 heterocycles. The molecule has 0 unspecified atom stereocenters. The molecule has 156 valence electrons. The Kier molecular flexibility index (Phi) is 6.08. The van der Waals surface area contributed by atoms with E-state index in [0.717, 1.165) is 17.4 Å². The molecule has 2 amide bonds. The SMILES string of the molecule is O=C(CSc1nnc(-c2ccco2)n1-c1ccccc1)NNC(=O)c1ccccc1F. The van der Waals surface area contributed by atoms with Gasteiger partial charge >= 0.3 is 0 Å². The molecule has 0 bridgehead atoms. The first-order valence-corrected chi connectivity index (χ1v) is 10.1. The van der Waals surface area contributed by atoms with E-state index in [1.54, 1.807) is 16.7 Å². The fraction of sp³-hybridized carbons (Fsp3) is 0.0476. The molecule has 0 saturated heterocycles. The van der Waals surface area contributed by atoms with Crippen LogP contribution in [-0.2, 0) is 4.79 Å². The summed E-state index contributed by atoms with van der Waals surface area (Å²) in [6.07, 6.45) is 1.54. The van der Waals surface area contributed by atoms with E-state index in [1.807, 2.05) is 30.3 Å². The summed E-state index contributed by atoms with van der Waals surface area (Å²) in [4.78, 5) is 24.2. The van der Waals surface area contributed by atoms with Gasteiger partial charge < -0.3 is 4.42 Å². The van der Waals surface area contributed by atoms with Crippen LogP contribution >= 0.6 is 11.8 Å². The van der Waals surface area contributed by atoms with E-state index in [9.17, 15) is 14.0 Å². The number of para-hydroxylation sites is 1. The van der Waals surface area contributed by atoms with E-state index >= 15 is 0 Å². The first kappa shape index (κ1) is 20.4. The van der Waals surface area contributed by atoms with E-state index < -0.39 is 17.6 Å². The summed E-state index contributed by atoms with van der Waals surface area (Å²) in [6.45, 7) is 0. The molecule has 0 spiro atoms. The molecular formula is C21H16FN5O3S. The maximum absolute atomic E-state index is 13.7. The van der Waals surface area contributed by atoms with Crippen LogP contribution in [0, 0.1) is 5.82 Å². The summed E-state index contributed by atoms with van der Waals surface area (Å²) in [5.41, 5.74) is 5.11. The normalized spacial score (nSPS) is 10.6. The van der Waals surface area contributed by atoms with Gasteiger partial charge in [0.2, 0.25) is 11.7 Å². The lowest BCUT2D eigenvalue weighted by Gasteiger charge is -2.10. The fourth-order valence-electron chi connectivity index (χ4n) is 2.74. The van der Waals surface area contributed by atoms with Crippen molar-refractivity contribution in [3.05, 3.63) is 84.4 Å². The first-order chi connectivity index (χ1) is 15.1. The number of hydrazine groups is 1. The zero-order valence-corrected chi connectivity index (χ0v) is 16.8. The summed E-state index contributed by atoms with van der Waals surface area (Å²) in [7, 11) is 0. The van der Waals surface area contributed by atoms with Gasteiger partial charge in [-0.25, -0.2) is 4.39 Å². The van der Waals surface area contributed by atoms with Crippen molar-refractivity contribution in [2.75, 3.05) is 5.75 Å². The van der Waals surface area contributed by atoms with Gasteiger partial charge in [0.15, 0.2) is 10.9 Å². The Labute approximate surface area is 180 Å². The topological polar surface area (TPSA) is 102 Å². The summed E-state index contributed by atoms with van der Waals surface area (Å²) >= 11 is 1.13. The number of furan rings is 1. The summed E-state index contributed by atoms with van der Waals surface area (Å²) in [5, 5.41) is 8.83. The maximum Gasteiger partial charge on any atom is 0.272 e. The minimum Gasteiger partial charge on any atom is -0.461 e. The van der Waals surface area contributed by atoms with Crippen LogP contribution in [-0.4, -0.2) is 32.3 Å². The van der Waals surface area contributed by atoms with Gasteiger partial charge in [0.25, 0.3) is 5.91 Å². The van der Waals surface area contributed by atoms with Crippen LogP contribution in [0.4, 0.5) is 4.39 Å². The predicted molar refractivity (Wildman–Crippen MR) is 112 cm³/mol. The van der Waals surface area contributed by atoms with Gasteiger partial charge in [0.05, 0.1) is 17.6 Å². The number of nitrogens with zero attached hydrogens (tertiary/aromatic N) is 3. The van der Waals surface area contributed by atoms with Crippen LogP contribution in [0.15, 0.2) is 82.6 Å². The lowest BCUT2D eigenvalue weighted by atomic mass is 10.2. The van der Waals surface area contributed by atoms with Crippen molar-refractivity contribution in [2.24, 2.45) is 0 Å². The summed E-state index contributed by atoms with van der Waals surface area (Å²) in [6, 6.07) is 18.4. The third-order valence-corrected chi connectivity index (χ3v) is 5.08. The second-order valence-corrected chi connectivity index (χ2v) is 7.17. The largest absolute Gasteiger partial charge is 0.461 e. The number of thioether (sulfide) groups is 1. The highest BCUT2D eigenvalue weighted by Gasteiger charge is 2.19. The van der Waals surface area contributed by atoms with E-state index in [2.05, 4.69) is 21.0 Å². The van der Waals surface area contributed by atoms with Crippen molar-refractivity contribution in [1.29, 1.82) is 0 Å². The molecule has 31 heavy (non-hydrogen) atoms. The first-order valence-electron chi connectivity index (χ1n) is 9.14. The molecule has 0 fully saturated rings. The van der Waals surface area contributed by atoms with Crippen molar-refractivity contribution >= 4 is 23.6 Å². The van der Waals surface area contributed by atoms with E-state index in [-0.39, 0.29) is 11.3 Å². The third-order valence-electron chi connectivity index (χ3n) is 4.16. The molecule has 0 aliphatic carbocycles. The Morgan fingerprint density at radius 1 is 0.968 bits per heavy atom. The van der Waals surface area contributed by atoms with Crippen LogP contribution in [0.25, 0.3) is 17.3 Å². The highest BCUT2D eigenvalue weighted by Crippen LogP contribution is 2.28. The Morgan fingerprint density at radius 2 is 1.74 bits per heavy atom. The third kappa shape index (κ3) is 4.64. The molecule has 4 rings (SSSR count). The zero-order valence-electron chi connectivity index (χ0n) is 16.0. The summed E-state index contributed by atoms with van der Waals surface area (Å²) < 4.78 is 20.9. The number of amides is 2. The van der Waals surface area contributed by atoms with Crippen molar-refractivity contribution in [1.82, 2.24) is 25.6 Å². The minimum atomic E-state index is -0.746. The van der Waals surface area contributed by atoms with Crippen molar-refractivity contribution in [2.45, 2.75) is 5.16 Å². The number of carbonyl (C=O) groups excluding carboxylic acids is 2. The predicted octanol–water partition coefficient (Wildman–Crippen LogP) is 3.22. The lowest BCUT2D eigenvalue weighted by Crippen LogP contribution is -2.42. The van der Waals surface area contributed by atoms with Gasteiger partial charge in [-0.2, -0.15) is 0 Å². The van der Waals surface area contributed by atoms with Crippen LogP contribution in [0.3, 0.4) is 0 Å². The number of nitrogens with one attached hydrogen (secondary N) is 2. The Hall–Kier alpha value is -3.92. The zero-order chi connectivity index (χ0) is 21.6. The molecule has 0 saturated carbocycles. The average molecular weight is 437 g/mol. The molecule has 2 aromatic heterocycles. The van der Waals surface area contributed by atoms with Crippen molar-refractivity contribution in [3.63, 3.8) is 0 Å². The van der Waals surface area contributed by atoms with Gasteiger partial charge in [0, 0.05) is 5.69 Å². The Morgan fingerprint density at radius 3 is 2.48 bits per heavy atom. The highest BCUT2D eigenvalue weighted by atomic mass is 32.2. The van der Waals surface area contributed by atoms with Gasteiger partial charge in [-0.3, -0.25) is 25.0 Å². The van der Waals surface area contributed by atoms with E-state index in [4.69, 9.17) is 4.42 Å². The van der Waals surface area contributed by atoms with Crippen LogP contribution in [0.5, 0.6) is 0 Å². The van der Waals surface area contributed by atoms with E-state index in [0.29, 0.717) is 16.7 Å². The highest BCUT2D eigenvalue weighted by molar-refractivity contribution is 7.99. The average Bonchev–Trinajstić information content (AvgIpc) is 3.46. The summed E-state index contributed by atoms with van der Waals surface area (Å²) in [5.74, 6) is -0.941. The molecule has 0 aliphatic rings. The number of hydrogen-bond acceptors (Lipinski definition) is 6. The minimum absolute atomic E-state index is 0.0549. The molecule has 2 aromatic carbocycles. The molecule has 2 N–H and O–H groups in total. The van der Waals surface area contributed by atoms with Gasteiger partial charge in [-0.15, -0.1) is 10.2 Å². The Bertz CT molecular complexity index is 1190. The number of aromatic nitrogens is 3. The molecule has 8 nitrogen and oxygen atoms in total. The van der Waals surface area contributed by atoms with Crippen molar-refractivity contribution in [3.8, 4) is 17.3 Å². The fourth-order valence-corrected chi connectivity index (χ4v) is 3.50. The van der Waals surface area contributed by atoms with Gasteiger partial charge in [0.1, 0.15) is 5.82 Å². The van der Waals surface area contributed by atoms with Gasteiger partial charge in [-0.1, -0.05) is 42.1 Å². The molecular weight excluding hydrogens is 421 g/mol. The van der Waals surface area contributed by atoms with Crippen molar-refractivity contribution < 1.29 is 18.4 Å². The van der Waals surface area contributed by atoms with E-state index in [1.165, 1.54) is 30.5 Å². The number of benzene rings is 2. The van der Waals surface area contributed by atoms with Gasteiger partial charge in [-0.05, 0) is 36.4 Å². The molecule has 10 heteroatoms. The standard InChI is InChI=1S/C21H16FN5O3S/c22-16-10-5-4-9-15(16)20(29)25-23-18(28)13-31-21-26-24-19(17-11-6-12-30-17)27(21)14-7-2-1-3-8-14/h1-12H,13H2,(H,23,28)(H,25,29). The van der Waals surface area contributed by atoms with Crippen LogP contribution in [0.1, 0.15) is 10.4 Å². The number of carbonyl (C=O) groups is 2. The second kappa shape index (κ2) is 9.26. The van der Waals surface area contributed by atoms with Crippen LogP contribution < -0.4 is 10.9 Å². The molecule has 0 aliphatic heterocycles. The second-order valence-electron chi connectivity index (χ2n) is 6.23.